The van der Waals surface area contributed by atoms with Crippen LogP contribution in [0.25, 0.3) is 0 Å². The van der Waals surface area contributed by atoms with Crippen LogP contribution < -0.4 is 27.4 Å². The quantitative estimate of drug-likeness (QED) is 0.139. The fraction of sp³-hybridized carbons (Fsp3) is 0.208. The number of carbonyl (C=O) groups excluding carboxylic acids is 1. The van der Waals surface area contributed by atoms with Crippen LogP contribution in [0.1, 0.15) is 22.3 Å². The van der Waals surface area contributed by atoms with E-state index in [1.54, 1.807) is 12.1 Å². The molecular formula is C24H29N5O2. The lowest BCUT2D eigenvalue weighted by Gasteiger charge is -2.20. The minimum Gasteiger partial charge on any atom is -0.506 e. The van der Waals surface area contributed by atoms with Gasteiger partial charge in [-0.2, -0.15) is 0 Å². The van der Waals surface area contributed by atoms with Crippen molar-refractivity contribution in [2.24, 2.45) is 0 Å². The number of benzene rings is 3. The minimum atomic E-state index is 0.0537. The van der Waals surface area contributed by atoms with Crippen molar-refractivity contribution in [3.8, 4) is 5.75 Å². The normalized spacial score (nSPS) is 10.6. The first-order valence-corrected chi connectivity index (χ1v) is 10.0. The van der Waals surface area contributed by atoms with Gasteiger partial charge in [0.2, 0.25) is 0 Å². The number of phenols is 1. The first-order valence-electron chi connectivity index (χ1n) is 10.0. The van der Waals surface area contributed by atoms with E-state index < -0.39 is 0 Å². The van der Waals surface area contributed by atoms with E-state index >= 15 is 0 Å². The van der Waals surface area contributed by atoms with Crippen LogP contribution in [0.5, 0.6) is 5.75 Å². The summed E-state index contributed by atoms with van der Waals surface area (Å²) < 4.78 is 0. The zero-order valence-electron chi connectivity index (χ0n) is 18.3. The van der Waals surface area contributed by atoms with Gasteiger partial charge in [0.15, 0.2) is 0 Å². The zero-order valence-corrected chi connectivity index (χ0v) is 18.3. The molecule has 3 rings (SSSR count). The highest BCUT2D eigenvalue weighted by Crippen LogP contribution is 2.39. The molecule has 0 atom stereocenters. The Morgan fingerprint density at radius 2 is 1.26 bits per heavy atom. The number of phenolic OH excluding ortho intramolecular Hbond substituents is 1. The lowest BCUT2D eigenvalue weighted by atomic mass is 10.0. The molecule has 3 aromatic rings. The number of rotatable bonds is 7. The number of nitrogen functional groups attached to an aromatic ring is 2. The van der Waals surface area contributed by atoms with Crippen molar-refractivity contribution >= 4 is 46.1 Å². The predicted molar refractivity (Wildman–Crippen MR) is 130 cm³/mol. The Morgan fingerprint density at radius 3 is 1.77 bits per heavy atom. The largest absolute Gasteiger partial charge is 0.506 e. The number of hydrogen-bond donors (Lipinski definition) is 6. The van der Waals surface area contributed by atoms with Crippen LogP contribution in [-0.2, 0) is 4.79 Å². The topological polar surface area (TPSA) is 125 Å². The van der Waals surface area contributed by atoms with Crippen molar-refractivity contribution in [1.82, 2.24) is 0 Å². The van der Waals surface area contributed by atoms with Crippen LogP contribution in [0, 0.1) is 27.7 Å². The lowest BCUT2D eigenvalue weighted by Crippen LogP contribution is -2.07. The SMILES string of the molecule is Cc1c(N)ccc(Nc2cc(Nc3ccc(N)c(C)c3C)c(NCC=O)cc2O)c1C. The van der Waals surface area contributed by atoms with Crippen LogP contribution >= 0.6 is 0 Å². The summed E-state index contributed by atoms with van der Waals surface area (Å²) in [5.41, 5.74) is 21.0. The van der Waals surface area contributed by atoms with Crippen molar-refractivity contribution in [2.75, 3.05) is 34.0 Å². The summed E-state index contributed by atoms with van der Waals surface area (Å²) in [5.74, 6) is 0.0537. The number of aldehydes is 1. The van der Waals surface area contributed by atoms with Gasteiger partial charge in [-0.3, -0.25) is 0 Å². The summed E-state index contributed by atoms with van der Waals surface area (Å²) in [6.07, 6.45) is 0.770. The van der Waals surface area contributed by atoms with E-state index in [0.717, 1.165) is 51.3 Å². The van der Waals surface area contributed by atoms with Crippen molar-refractivity contribution in [3.05, 3.63) is 58.7 Å². The monoisotopic (exact) mass is 419 g/mol. The molecular weight excluding hydrogens is 390 g/mol. The molecule has 0 aliphatic heterocycles. The fourth-order valence-corrected chi connectivity index (χ4v) is 3.33. The first kappa shape index (κ1) is 21.8. The summed E-state index contributed by atoms with van der Waals surface area (Å²) in [4.78, 5) is 10.9. The van der Waals surface area contributed by atoms with E-state index in [9.17, 15) is 9.90 Å². The Kier molecular flexibility index (Phi) is 6.25. The molecule has 0 spiro atoms. The summed E-state index contributed by atoms with van der Waals surface area (Å²) in [6.45, 7) is 8.02. The Labute approximate surface area is 182 Å². The number of aromatic hydroxyl groups is 1. The van der Waals surface area contributed by atoms with E-state index in [2.05, 4.69) is 16.0 Å². The molecule has 0 heterocycles. The van der Waals surface area contributed by atoms with Crippen LogP contribution in [0.2, 0.25) is 0 Å². The predicted octanol–water partition coefficient (Wildman–Crippen LogP) is 4.89. The third-order valence-corrected chi connectivity index (χ3v) is 5.71. The van der Waals surface area contributed by atoms with Gasteiger partial charge in [0.1, 0.15) is 12.0 Å². The molecule has 0 saturated heterocycles. The van der Waals surface area contributed by atoms with Gasteiger partial charge in [-0.25, -0.2) is 0 Å². The van der Waals surface area contributed by atoms with Gasteiger partial charge in [0, 0.05) is 28.8 Å². The van der Waals surface area contributed by atoms with Gasteiger partial charge in [-0.1, -0.05) is 0 Å². The van der Waals surface area contributed by atoms with E-state index in [-0.39, 0.29) is 12.3 Å². The average molecular weight is 420 g/mol. The van der Waals surface area contributed by atoms with Crippen molar-refractivity contribution in [3.63, 3.8) is 0 Å². The molecule has 0 bridgehead atoms. The second-order valence-corrected chi connectivity index (χ2v) is 7.62. The molecule has 0 unspecified atom stereocenters. The molecule has 0 aromatic heterocycles. The number of carbonyl (C=O) groups is 1. The Morgan fingerprint density at radius 1 is 0.742 bits per heavy atom. The Balaban J connectivity index is 2.04. The minimum absolute atomic E-state index is 0.0537. The van der Waals surface area contributed by atoms with E-state index in [1.807, 2.05) is 52.0 Å². The summed E-state index contributed by atoms with van der Waals surface area (Å²) in [6, 6.07) is 10.9. The summed E-state index contributed by atoms with van der Waals surface area (Å²) in [5, 5.41) is 20.4. The highest BCUT2D eigenvalue weighted by molar-refractivity contribution is 5.85. The maximum atomic E-state index is 10.9. The number of nitrogens with one attached hydrogen (secondary N) is 3. The van der Waals surface area contributed by atoms with Crippen molar-refractivity contribution in [1.29, 1.82) is 0 Å². The van der Waals surface area contributed by atoms with E-state index in [1.165, 1.54) is 0 Å². The maximum Gasteiger partial charge on any atom is 0.141 e. The number of anilines is 7. The molecule has 162 valence electrons. The van der Waals surface area contributed by atoms with Crippen molar-refractivity contribution in [2.45, 2.75) is 27.7 Å². The molecule has 7 nitrogen and oxygen atoms in total. The second-order valence-electron chi connectivity index (χ2n) is 7.62. The molecule has 8 N–H and O–H groups in total. The van der Waals surface area contributed by atoms with Gasteiger partial charge in [0.25, 0.3) is 0 Å². The fourth-order valence-electron chi connectivity index (χ4n) is 3.33. The molecule has 7 heteroatoms. The molecule has 0 aliphatic carbocycles. The third-order valence-electron chi connectivity index (χ3n) is 5.71. The number of nitrogens with two attached hydrogens (primary N) is 2. The van der Waals surface area contributed by atoms with Gasteiger partial charge in [-0.05, 0) is 80.3 Å². The molecule has 3 aromatic carbocycles. The molecule has 31 heavy (non-hydrogen) atoms. The van der Waals surface area contributed by atoms with Crippen LogP contribution in [-0.4, -0.2) is 17.9 Å². The van der Waals surface area contributed by atoms with E-state index in [4.69, 9.17) is 11.5 Å². The van der Waals surface area contributed by atoms with Gasteiger partial charge in [-0.15, -0.1) is 0 Å². The van der Waals surface area contributed by atoms with Crippen LogP contribution in [0.15, 0.2) is 36.4 Å². The second kappa shape index (κ2) is 8.87. The highest BCUT2D eigenvalue weighted by Gasteiger charge is 2.14. The number of hydrogen-bond acceptors (Lipinski definition) is 7. The highest BCUT2D eigenvalue weighted by atomic mass is 16.3. The molecule has 0 amide bonds. The van der Waals surface area contributed by atoms with Gasteiger partial charge < -0.3 is 37.3 Å². The average Bonchev–Trinajstić information content (AvgIpc) is 2.75. The van der Waals surface area contributed by atoms with Crippen LogP contribution in [0.4, 0.5) is 39.8 Å². The molecule has 0 saturated carbocycles. The Hall–Kier alpha value is -3.87. The maximum absolute atomic E-state index is 10.9. The molecule has 0 aliphatic rings. The van der Waals surface area contributed by atoms with Crippen LogP contribution in [0.3, 0.4) is 0 Å². The first-order chi connectivity index (χ1) is 14.7. The van der Waals surface area contributed by atoms with E-state index in [0.29, 0.717) is 17.1 Å². The molecule has 0 fully saturated rings. The summed E-state index contributed by atoms with van der Waals surface area (Å²) in [7, 11) is 0. The Bertz CT molecular complexity index is 1140. The standard InChI is InChI=1S/C24H29N5O2/c1-13-15(3)19(7-5-17(13)25)28-22-11-23(24(31)12-21(22)27-9-10-30)29-20-8-6-18(26)14(2)16(20)4/h5-8,10-12,27-29,31H,9,25-26H2,1-4H3. The van der Waals surface area contributed by atoms with Gasteiger partial charge >= 0.3 is 0 Å². The lowest BCUT2D eigenvalue weighted by molar-refractivity contribution is -0.106. The van der Waals surface area contributed by atoms with Gasteiger partial charge in [0.05, 0.1) is 23.6 Å². The summed E-state index contributed by atoms with van der Waals surface area (Å²) >= 11 is 0. The smallest absolute Gasteiger partial charge is 0.141 e. The molecule has 0 radical (unpaired) electrons. The zero-order chi connectivity index (χ0) is 22.7. The third kappa shape index (κ3) is 4.50. The van der Waals surface area contributed by atoms with Crippen molar-refractivity contribution < 1.29 is 9.90 Å².